The highest BCUT2D eigenvalue weighted by Gasteiger charge is 2.34. The van der Waals surface area contributed by atoms with Crippen LogP contribution in [0.15, 0.2) is 40.9 Å². The van der Waals surface area contributed by atoms with Gasteiger partial charge in [0.2, 0.25) is 0 Å². The number of hydrogen-bond donors (Lipinski definition) is 0. The van der Waals surface area contributed by atoms with E-state index in [9.17, 15) is 4.79 Å². The van der Waals surface area contributed by atoms with Gasteiger partial charge in [0.15, 0.2) is 17.2 Å². The van der Waals surface area contributed by atoms with Crippen LogP contribution in [0.4, 0.5) is 0 Å². The first-order valence-corrected chi connectivity index (χ1v) is 10.9. The Morgan fingerprint density at radius 1 is 1.06 bits per heavy atom. The Labute approximate surface area is 188 Å². The third kappa shape index (κ3) is 3.40. The van der Waals surface area contributed by atoms with Crippen molar-refractivity contribution in [3.05, 3.63) is 57.7 Å². The van der Waals surface area contributed by atoms with E-state index in [1.54, 1.807) is 14.2 Å². The molecule has 160 valence electrons. The Balaban J connectivity index is 1.68. The van der Waals surface area contributed by atoms with E-state index in [0.717, 1.165) is 32.5 Å². The van der Waals surface area contributed by atoms with Gasteiger partial charge in [-0.05, 0) is 42.0 Å². The summed E-state index contributed by atoms with van der Waals surface area (Å²) in [6.07, 6.45) is 0.618. The maximum absolute atomic E-state index is 13.4. The van der Waals surface area contributed by atoms with Crippen molar-refractivity contribution in [1.82, 2.24) is 14.7 Å². The zero-order chi connectivity index (χ0) is 21.5. The van der Waals surface area contributed by atoms with E-state index in [1.807, 2.05) is 46.0 Å². The molecule has 3 aromatic rings. The van der Waals surface area contributed by atoms with Crippen LogP contribution >= 0.6 is 15.9 Å². The third-order valence-corrected chi connectivity index (χ3v) is 6.32. The van der Waals surface area contributed by atoms with Gasteiger partial charge in [-0.2, -0.15) is 5.10 Å². The Bertz CT molecular complexity index is 1150. The number of nitrogens with zero attached hydrogens (tertiary/aromatic N) is 3. The summed E-state index contributed by atoms with van der Waals surface area (Å²) in [6.45, 7) is 2.26. The Kier molecular flexibility index (Phi) is 5.19. The number of hydrogen-bond acceptors (Lipinski definition) is 5. The number of methoxy groups -OCH3 is 2. The molecule has 0 spiro atoms. The molecular weight excluding hydrogens is 462 g/mol. The lowest BCUT2D eigenvalue weighted by Gasteiger charge is -2.26. The predicted molar refractivity (Wildman–Crippen MR) is 119 cm³/mol. The number of carbonyl (C=O) groups is 1. The third-order valence-electron chi connectivity index (χ3n) is 5.79. The SMILES string of the molecule is COc1cc2c(cc1OC)-c1c(c(C(=O)N3CCOCC3)nn1-c1ccc(Br)cc1)C2. The van der Waals surface area contributed by atoms with E-state index in [-0.39, 0.29) is 5.91 Å². The van der Waals surface area contributed by atoms with Crippen LogP contribution in [0.2, 0.25) is 0 Å². The van der Waals surface area contributed by atoms with Gasteiger partial charge in [0.25, 0.3) is 5.91 Å². The second-order valence-corrected chi connectivity index (χ2v) is 8.43. The number of amides is 1. The van der Waals surface area contributed by atoms with Crippen molar-refractivity contribution in [3.8, 4) is 28.4 Å². The van der Waals surface area contributed by atoms with Crippen molar-refractivity contribution in [3.63, 3.8) is 0 Å². The highest BCUT2D eigenvalue weighted by molar-refractivity contribution is 9.10. The molecule has 2 aliphatic rings. The molecule has 1 aromatic heterocycles. The van der Waals surface area contributed by atoms with E-state index < -0.39 is 0 Å². The van der Waals surface area contributed by atoms with Crippen molar-refractivity contribution in [2.24, 2.45) is 0 Å². The zero-order valence-corrected chi connectivity index (χ0v) is 18.9. The minimum atomic E-state index is -0.0536. The zero-order valence-electron chi connectivity index (χ0n) is 17.4. The van der Waals surface area contributed by atoms with Gasteiger partial charge in [-0.3, -0.25) is 4.79 Å². The molecule has 2 heterocycles. The van der Waals surface area contributed by atoms with Gasteiger partial charge in [0.05, 0.1) is 38.8 Å². The second kappa shape index (κ2) is 8.01. The summed E-state index contributed by atoms with van der Waals surface area (Å²) in [5.41, 5.74) is 5.34. The molecule has 0 saturated carbocycles. The molecule has 7 nitrogen and oxygen atoms in total. The Morgan fingerprint density at radius 3 is 2.42 bits per heavy atom. The van der Waals surface area contributed by atoms with Crippen LogP contribution in [0.1, 0.15) is 21.6 Å². The maximum atomic E-state index is 13.4. The van der Waals surface area contributed by atoms with E-state index >= 15 is 0 Å². The van der Waals surface area contributed by atoms with Crippen molar-refractivity contribution >= 4 is 21.8 Å². The van der Waals surface area contributed by atoms with Crippen molar-refractivity contribution < 1.29 is 19.0 Å². The number of benzene rings is 2. The number of aromatic nitrogens is 2. The minimum Gasteiger partial charge on any atom is -0.493 e. The van der Waals surface area contributed by atoms with Gasteiger partial charge in [-0.15, -0.1) is 0 Å². The van der Waals surface area contributed by atoms with Crippen LogP contribution in [-0.2, 0) is 11.2 Å². The summed E-state index contributed by atoms with van der Waals surface area (Å²) < 4.78 is 19.3. The molecule has 0 unspecified atom stereocenters. The van der Waals surface area contributed by atoms with E-state index in [2.05, 4.69) is 15.9 Å². The summed E-state index contributed by atoms with van der Waals surface area (Å²) in [7, 11) is 3.25. The highest BCUT2D eigenvalue weighted by Crippen LogP contribution is 2.45. The Morgan fingerprint density at radius 2 is 1.74 bits per heavy atom. The van der Waals surface area contributed by atoms with Crippen LogP contribution in [0.5, 0.6) is 11.5 Å². The molecule has 8 heteroatoms. The number of halogens is 1. The molecule has 31 heavy (non-hydrogen) atoms. The van der Waals surface area contributed by atoms with Crippen LogP contribution in [-0.4, -0.2) is 61.1 Å². The summed E-state index contributed by atoms with van der Waals surface area (Å²) in [5.74, 6) is 1.27. The average Bonchev–Trinajstić information content (AvgIpc) is 3.35. The summed E-state index contributed by atoms with van der Waals surface area (Å²) in [4.78, 5) is 15.2. The molecule has 5 rings (SSSR count). The van der Waals surface area contributed by atoms with Gasteiger partial charge in [0.1, 0.15) is 0 Å². The fourth-order valence-electron chi connectivity index (χ4n) is 4.23. The van der Waals surface area contributed by atoms with Crippen LogP contribution in [0.3, 0.4) is 0 Å². The second-order valence-electron chi connectivity index (χ2n) is 7.51. The monoisotopic (exact) mass is 483 g/mol. The lowest BCUT2D eigenvalue weighted by atomic mass is 10.1. The van der Waals surface area contributed by atoms with Crippen LogP contribution in [0, 0.1) is 0 Å². The largest absolute Gasteiger partial charge is 0.493 e. The quantitative estimate of drug-likeness (QED) is 0.442. The molecule has 1 aliphatic carbocycles. The van der Waals surface area contributed by atoms with Crippen molar-refractivity contribution in [1.29, 1.82) is 0 Å². The van der Waals surface area contributed by atoms with Gasteiger partial charge >= 0.3 is 0 Å². The molecule has 2 aromatic carbocycles. The van der Waals surface area contributed by atoms with E-state index in [4.69, 9.17) is 19.3 Å². The molecule has 1 amide bonds. The fourth-order valence-corrected chi connectivity index (χ4v) is 4.49. The summed E-state index contributed by atoms with van der Waals surface area (Å²) in [6, 6.07) is 11.9. The standard InChI is InChI=1S/C23H22BrN3O4/c1-29-19-12-14-11-18-21(23(28)26-7-9-31-10-8-26)25-27(16-5-3-15(24)4-6-16)22(18)17(14)13-20(19)30-2/h3-6,12-13H,7-11H2,1-2H3. The molecule has 0 N–H and O–H groups in total. The van der Waals surface area contributed by atoms with Crippen molar-refractivity contribution in [2.45, 2.75) is 6.42 Å². The predicted octanol–water partition coefficient (Wildman–Crippen LogP) is 3.70. The number of carbonyl (C=O) groups excluding carboxylic acids is 1. The number of fused-ring (bicyclic) bond motifs is 3. The topological polar surface area (TPSA) is 65.8 Å². The van der Waals surface area contributed by atoms with Crippen LogP contribution in [0.25, 0.3) is 16.9 Å². The van der Waals surface area contributed by atoms with E-state index in [0.29, 0.717) is 49.9 Å². The number of morpholine rings is 1. The number of ether oxygens (including phenoxy) is 3. The molecule has 0 bridgehead atoms. The van der Waals surface area contributed by atoms with Gasteiger partial charge < -0.3 is 19.1 Å². The molecule has 1 saturated heterocycles. The summed E-state index contributed by atoms with van der Waals surface area (Å²) in [5, 5.41) is 4.80. The lowest BCUT2D eigenvalue weighted by Crippen LogP contribution is -2.41. The van der Waals surface area contributed by atoms with Gasteiger partial charge in [-0.25, -0.2) is 4.68 Å². The molecular formula is C23H22BrN3O4. The molecule has 1 fully saturated rings. The first-order valence-electron chi connectivity index (χ1n) is 10.1. The number of rotatable bonds is 4. The van der Waals surface area contributed by atoms with Gasteiger partial charge in [0, 0.05) is 35.1 Å². The van der Waals surface area contributed by atoms with Gasteiger partial charge in [-0.1, -0.05) is 15.9 Å². The fraction of sp³-hybridized carbons (Fsp3) is 0.304. The van der Waals surface area contributed by atoms with Crippen molar-refractivity contribution in [2.75, 3.05) is 40.5 Å². The smallest absolute Gasteiger partial charge is 0.274 e. The summed E-state index contributed by atoms with van der Waals surface area (Å²) >= 11 is 3.49. The van der Waals surface area contributed by atoms with Crippen LogP contribution < -0.4 is 9.47 Å². The van der Waals surface area contributed by atoms with E-state index in [1.165, 1.54) is 0 Å². The average molecular weight is 484 g/mol. The first-order chi connectivity index (χ1) is 15.1. The minimum absolute atomic E-state index is 0.0536. The lowest BCUT2D eigenvalue weighted by molar-refractivity contribution is 0.0298. The molecule has 0 atom stereocenters. The highest BCUT2D eigenvalue weighted by atomic mass is 79.9. The molecule has 0 radical (unpaired) electrons. The molecule has 1 aliphatic heterocycles. The Hall–Kier alpha value is -2.84. The first kappa shape index (κ1) is 20.1. The maximum Gasteiger partial charge on any atom is 0.274 e. The normalized spacial score (nSPS) is 14.9.